The van der Waals surface area contributed by atoms with Crippen molar-refractivity contribution >= 4 is 13.8 Å². The minimum Gasteiger partial charge on any atom is -0.457 e. The SMILES string of the molecule is CC/C=C\C/C=C\C/C=C\C/C=C\C/C=C\C/C=C\C/C=C\CCCC(=O)OC(COCCCCCCCCC/C=C\C/C=C\C/C=C\CCCCC)COP(=O)(O)OCC(O)CO. The Morgan fingerprint density at radius 2 is 0.891 bits per heavy atom. The van der Waals surface area contributed by atoms with Gasteiger partial charge in [0, 0.05) is 13.0 Å². The summed E-state index contributed by atoms with van der Waals surface area (Å²) >= 11 is 0. The molecule has 0 aliphatic carbocycles. The van der Waals surface area contributed by atoms with E-state index in [1.54, 1.807) is 0 Å². The van der Waals surface area contributed by atoms with Crippen molar-refractivity contribution in [3.63, 3.8) is 0 Å². The maximum absolute atomic E-state index is 12.7. The summed E-state index contributed by atoms with van der Waals surface area (Å²) in [6.45, 7) is 3.25. The Morgan fingerprint density at radius 3 is 1.34 bits per heavy atom. The number of hydrogen-bond acceptors (Lipinski definition) is 8. The molecule has 3 unspecified atom stereocenters. The van der Waals surface area contributed by atoms with Crippen LogP contribution in [0.15, 0.2) is 122 Å². The number of esters is 1. The Labute approximate surface area is 390 Å². The van der Waals surface area contributed by atoms with Crippen molar-refractivity contribution in [3.8, 4) is 0 Å². The van der Waals surface area contributed by atoms with E-state index >= 15 is 0 Å². The summed E-state index contributed by atoms with van der Waals surface area (Å²) < 4.78 is 33.4. The van der Waals surface area contributed by atoms with E-state index in [-0.39, 0.29) is 13.0 Å². The zero-order valence-corrected chi connectivity index (χ0v) is 40.8. The van der Waals surface area contributed by atoms with E-state index in [1.807, 2.05) is 6.08 Å². The lowest BCUT2D eigenvalue weighted by Gasteiger charge is -2.20. The van der Waals surface area contributed by atoms with Crippen LogP contribution in [0.5, 0.6) is 0 Å². The molecule has 0 rings (SSSR count). The van der Waals surface area contributed by atoms with Gasteiger partial charge in [0.15, 0.2) is 0 Å². The van der Waals surface area contributed by atoms with Crippen LogP contribution in [-0.4, -0.2) is 66.3 Å². The molecule has 0 saturated carbocycles. The lowest BCUT2D eigenvalue weighted by atomic mass is 10.1. The number of hydrogen-bond donors (Lipinski definition) is 3. The summed E-state index contributed by atoms with van der Waals surface area (Å²) in [4.78, 5) is 22.7. The first-order chi connectivity index (χ1) is 31.3. The van der Waals surface area contributed by atoms with Crippen LogP contribution in [-0.2, 0) is 27.9 Å². The Kier molecular flexibility index (Phi) is 46.9. The monoisotopic (exact) mass is 913 g/mol. The van der Waals surface area contributed by atoms with Gasteiger partial charge in [0.25, 0.3) is 0 Å². The lowest BCUT2D eigenvalue weighted by molar-refractivity contribution is -0.154. The molecule has 364 valence electrons. The number of phosphoric ester groups is 1. The highest BCUT2D eigenvalue weighted by Crippen LogP contribution is 2.43. The number of carbonyl (C=O) groups is 1. The van der Waals surface area contributed by atoms with Crippen molar-refractivity contribution in [2.45, 2.75) is 180 Å². The van der Waals surface area contributed by atoms with E-state index in [9.17, 15) is 19.4 Å². The molecular formula is C54H89O9P. The molecule has 3 atom stereocenters. The van der Waals surface area contributed by atoms with Crippen molar-refractivity contribution in [1.29, 1.82) is 0 Å². The second kappa shape index (κ2) is 49.3. The average Bonchev–Trinajstić information content (AvgIpc) is 3.29. The van der Waals surface area contributed by atoms with Gasteiger partial charge in [-0.3, -0.25) is 13.8 Å². The third-order valence-electron chi connectivity index (χ3n) is 9.63. The molecule has 0 radical (unpaired) electrons. The van der Waals surface area contributed by atoms with Crippen LogP contribution in [0.4, 0.5) is 0 Å². The van der Waals surface area contributed by atoms with E-state index in [0.717, 1.165) is 89.9 Å². The van der Waals surface area contributed by atoms with Crippen LogP contribution in [0.1, 0.15) is 168 Å². The minimum absolute atomic E-state index is 0.0103. The summed E-state index contributed by atoms with van der Waals surface area (Å²) in [6, 6.07) is 0. The summed E-state index contributed by atoms with van der Waals surface area (Å²) in [5, 5.41) is 18.4. The molecule has 0 saturated heterocycles. The predicted octanol–water partition coefficient (Wildman–Crippen LogP) is 14.4. The molecule has 0 amide bonds. The fourth-order valence-electron chi connectivity index (χ4n) is 5.94. The van der Waals surface area contributed by atoms with Gasteiger partial charge < -0.3 is 24.6 Å². The number of carbonyl (C=O) groups excluding carboxylic acids is 1. The molecule has 0 bridgehead atoms. The van der Waals surface area contributed by atoms with Crippen LogP contribution >= 0.6 is 7.82 Å². The van der Waals surface area contributed by atoms with E-state index < -0.39 is 45.8 Å². The number of aliphatic hydroxyl groups excluding tert-OH is 2. The van der Waals surface area contributed by atoms with Crippen LogP contribution in [0.3, 0.4) is 0 Å². The molecule has 0 aromatic heterocycles. The molecule has 3 N–H and O–H groups in total. The van der Waals surface area contributed by atoms with Crippen LogP contribution < -0.4 is 0 Å². The largest absolute Gasteiger partial charge is 0.472 e. The van der Waals surface area contributed by atoms with Gasteiger partial charge in [0.05, 0.1) is 26.4 Å². The van der Waals surface area contributed by atoms with Crippen molar-refractivity contribution in [3.05, 3.63) is 122 Å². The number of aliphatic hydroxyl groups is 2. The Balaban J connectivity index is 4.29. The number of allylic oxidation sites excluding steroid dienone is 20. The molecule has 10 heteroatoms. The van der Waals surface area contributed by atoms with E-state index in [0.29, 0.717) is 13.0 Å². The molecule has 0 heterocycles. The highest BCUT2D eigenvalue weighted by molar-refractivity contribution is 7.47. The third kappa shape index (κ3) is 48.3. The second-order valence-electron chi connectivity index (χ2n) is 15.7. The van der Waals surface area contributed by atoms with Crippen LogP contribution in [0.2, 0.25) is 0 Å². The topological polar surface area (TPSA) is 132 Å². The standard InChI is InChI=1S/C54H89O9P/c1-3-5-7-9-11-13-15-17-19-21-23-25-26-27-28-30-32-34-36-38-40-42-44-46-54(57)63-53(51-62-64(58,59)61-49-52(56)48-55)50-60-47-45-43-41-39-37-35-33-31-29-24-22-20-18-16-14-12-10-8-6-4-2/h5,7,11-14,17-20,23-25,27-29,32,34,38,40,52-53,55-56H,3-4,6,8-10,15-16,21-22,26,30-31,33,35-37,39,41-51H2,1-2H3,(H,58,59)/b7-5-,13-11-,14-12-,19-17-,20-18-,25-23-,28-27-,29-24-,34-32-,40-38-. The number of unbranched alkanes of at least 4 members (excludes halogenated alkanes) is 11. The molecule has 0 aromatic carbocycles. The van der Waals surface area contributed by atoms with Gasteiger partial charge in [-0.15, -0.1) is 0 Å². The third-order valence-corrected chi connectivity index (χ3v) is 10.6. The Morgan fingerprint density at radius 1 is 0.500 bits per heavy atom. The molecular weight excluding hydrogens is 824 g/mol. The summed E-state index contributed by atoms with van der Waals surface area (Å²) in [5.74, 6) is -0.448. The first-order valence-corrected chi connectivity index (χ1v) is 26.0. The van der Waals surface area contributed by atoms with Crippen molar-refractivity contribution in [2.24, 2.45) is 0 Å². The summed E-state index contributed by atoms with van der Waals surface area (Å²) in [6.07, 6.45) is 65.9. The average molecular weight is 913 g/mol. The summed E-state index contributed by atoms with van der Waals surface area (Å²) in [7, 11) is -4.55. The molecule has 0 aromatic rings. The highest BCUT2D eigenvalue weighted by atomic mass is 31.2. The molecule has 9 nitrogen and oxygen atoms in total. The zero-order valence-electron chi connectivity index (χ0n) is 39.9. The van der Waals surface area contributed by atoms with E-state index in [1.165, 1.54) is 51.4 Å². The van der Waals surface area contributed by atoms with Gasteiger partial charge in [-0.25, -0.2) is 4.57 Å². The fraction of sp³-hybridized carbons (Fsp3) is 0.611. The number of rotatable bonds is 45. The smallest absolute Gasteiger partial charge is 0.457 e. The predicted molar refractivity (Wildman–Crippen MR) is 269 cm³/mol. The van der Waals surface area contributed by atoms with Crippen molar-refractivity contribution in [2.75, 3.05) is 33.0 Å². The fourth-order valence-corrected chi connectivity index (χ4v) is 6.73. The maximum Gasteiger partial charge on any atom is 0.472 e. The number of ether oxygens (including phenoxy) is 2. The van der Waals surface area contributed by atoms with E-state index in [2.05, 4.69) is 129 Å². The first kappa shape index (κ1) is 60.9. The quantitative estimate of drug-likeness (QED) is 0.0236. The van der Waals surface area contributed by atoms with Gasteiger partial charge in [0.2, 0.25) is 0 Å². The summed E-state index contributed by atoms with van der Waals surface area (Å²) in [5.41, 5.74) is 0. The molecule has 0 aliphatic rings. The Hall–Kier alpha value is -3.14. The first-order valence-electron chi connectivity index (χ1n) is 24.5. The van der Waals surface area contributed by atoms with Gasteiger partial charge in [-0.1, -0.05) is 180 Å². The van der Waals surface area contributed by atoms with Gasteiger partial charge in [0.1, 0.15) is 12.2 Å². The molecule has 64 heavy (non-hydrogen) atoms. The lowest BCUT2D eigenvalue weighted by Crippen LogP contribution is -2.29. The number of phosphoric acid groups is 1. The molecule has 0 spiro atoms. The van der Waals surface area contributed by atoms with Crippen LogP contribution in [0, 0.1) is 0 Å². The molecule has 0 fully saturated rings. The van der Waals surface area contributed by atoms with Gasteiger partial charge >= 0.3 is 13.8 Å². The van der Waals surface area contributed by atoms with Gasteiger partial charge in [-0.2, -0.15) is 0 Å². The molecule has 0 aliphatic heterocycles. The van der Waals surface area contributed by atoms with Gasteiger partial charge in [-0.05, 0) is 103 Å². The normalized spacial score (nSPS) is 14.9. The second-order valence-corrected chi connectivity index (χ2v) is 17.2. The van der Waals surface area contributed by atoms with Crippen molar-refractivity contribution < 1.29 is 43.0 Å². The van der Waals surface area contributed by atoms with E-state index in [4.69, 9.17) is 23.6 Å². The minimum atomic E-state index is -4.55. The highest BCUT2D eigenvalue weighted by Gasteiger charge is 2.26. The van der Waals surface area contributed by atoms with Crippen molar-refractivity contribution in [1.82, 2.24) is 0 Å². The Bertz CT molecular complexity index is 1400. The van der Waals surface area contributed by atoms with Crippen LogP contribution in [0.25, 0.3) is 0 Å². The maximum atomic E-state index is 12.7. The zero-order chi connectivity index (χ0) is 46.7.